The number of benzene rings is 1. The van der Waals surface area contributed by atoms with Gasteiger partial charge >= 0.3 is 0 Å². The molecule has 0 bridgehead atoms. The predicted octanol–water partition coefficient (Wildman–Crippen LogP) is 3.66. The van der Waals surface area contributed by atoms with Crippen LogP contribution in [0.2, 0.25) is 0 Å². The lowest BCUT2D eigenvalue weighted by molar-refractivity contribution is 0.504. The van der Waals surface area contributed by atoms with Crippen LogP contribution in [0.3, 0.4) is 0 Å². The molecule has 1 saturated carbocycles. The van der Waals surface area contributed by atoms with Crippen LogP contribution in [0.25, 0.3) is 11.0 Å². The Balaban J connectivity index is 2.12. The van der Waals surface area contributed by atoms with Crippen molar-refractivity contribution >= 4 is 11.0 Å². The van der Waals surface area contributed by atoms with Crippen molar-refractivity contribution in [2.75, 3.05) is 0 Å². The highest BCUT2D eigenvalue weighted by molar-refractivity contribution is 5.77. The first-order valence-corrected chi connectivity index (χ1v) is 7.61. The maximum absolute atomic E-state index is 5.75. The van der Waals surface area contributed by atoms with Crippen LogP contribution in [0.1, 0.15) is 51.4 Å². The zero-order chi connectivity index (χ0) is 14.5. The minimum absolute atomic E-state index is 0.410. The van der Waals surface area contributed by atoms with Crippen molar-refractivity contribution in [3.63, 3.8) is 0 Å². The van der Waals surface area contributed by atoms with Gasteiger partial charge in [-0.05, 0) is 35.4 Å². The van der Waals surface area contributed by atoms with Crippen LogP contribution in [0.15, 0.2) is 18.2 Å². The second kappa shape index (κ2) is 4.59. The highest BCUT2D eigenvalue weighted by atomic mass is 15.1. The Morgan fingerprint density at radius 2 is 2.10 bits per heavy atom. The molecule has 1 aliphatic carbocycles. The van der Waals surface area contributed by atoms with Gasteiger partial charge in [0.1, 0.15) is 5.82 Å². The number of aromatic nitrogens is 2. The van der Waals surface area contributed by atoms with Crippen molar-refractivity contribution in [2.24, 2.45) is 17.1 Å². The minimum Gasteiger partial charge on any atom is -0.327 e. The number of rotatable bonds is 4. The molecular weight excluding hydrogens is 246 g/mol. The summed E-state index contributed by atoms with van der Waals surface area (Å²) in [5.74, 6) is 2.50. The van der Waals surface area contributed by atoms with Gasteiger partial charge in [0.2, 0.25) is 0 Å². The number of nitrogens with zero attached hydrogens (tertiary/aromatic N) is 2. The molecule has 1 aromatic heterocycles. The van der Waals surface area contributed by atoms with Crippen molar-refractivity contribution in [2.45, 2.75) is 53.1 Å². The van der Waals surface area contributed by atoms with Crippen molar-refractivity contribution in [1.29, 1.82) is 0 Å². The van der Waals surface area contributed by atoms with Crippen molar-refractivity contribution in [3.8, 4) is 0 Å². The average molecular weight is 271 g/mol. The monoisotopic (exact) mass is 271 g/mol. The molecule has 0 aliphatic heterocycles. The van der Waals surface area contributed by atoms with Crippen molar-refractivity contribution in [3.05, 3.63) is 29.6 Å². The van der Waals surface area contributed by atoms with E-state index in [0.29, 0.717) is 23.8 Å². The van der Waals surface area contributed by atoms with Gasteiger partial charge in [-0.3, -0.25) is 0 Å². The van der Waals surface area contributed by atoms with Crippen LogP contribution in [-0.4, -0.2) is 9.55 Å². The van der Waals surface area contributed by atoms with Crippen LogP contribution in [0.4, 0.5) is 0 Å². The van der Waals surface area contributed by atoms with Gasteiger partial charge in [-0.25, -0.2) is 4.98 Å². The highest BCUT2D eigenvalue weighted by Gasteiger charge is 2.49. The second-order valence-electron chi connectivity index (χ2n) is 7.25. The fraction of sp³-hybridized carbons (Fsp3) is 0.588. The lowest BCUT2D eigenvalue weighted by atomic mass is 10.1. The Morgan fingerprint density at radius 3 is 2.65 bits per heavy atom. The fourth-order valence-electron chi connectivity index (χ4n) is 3.05. The van der Waals surface area contributed by atoms with Gasteiger partial charge < -0.3 is 10.3 Å². The minimum atomic E-state index is 0.410. The van der Waals surface area contributed by atoms with E-state index in [2.05, 4.69) is 50.5 Å². The summed E-state index contributed by atoms with van der Waals surface area (Å²) >= 11 is 0. The maximum Gasteiger partial charge on any atom is 0.113 e. The molecule has 0 saturated heterocycles. The lowest BCUT2D eigenvalue weighted by Crippen LogP contribution is -2.09. The van der Waals surface area contributed by atoms with E-state index in [4.69, 9.17) is 10.7 Å². The molecule has 0 amide bonds. The van der Waals surface area contributed by atoms with Gasteiger partial charge in [-0.1, -0.05) is 33.8 Å². The van der Waals surface area contributed by atoms with E-state index in [-0.39, 0.29) is 0 Å². The first-order valence-electron chi connectivity index (χ1n) is 7.61. The molecule has 0 radical (unpaired) electrons. The number of hydrogen-bond donors (Lipinski definition) is 1. The number of imidazole rings is 1. The molecule has 3 rings (SSSR count). The molecule has 1 unspecified atom stereocenters. The fourth-order valence-corrected chi connectivity index (χ4v) is 3.05. The smallest absolute Gasteiger partial charge is 0.113 e. The van der Waals surface area contributed by atoms with Crippen LogP contribution in [-0.2, 0) is 13.1 Å². The molecule has 3 heteroatoms. The van der Waals surface area contributed by atoms with Crippen molar-refractivity contribution < 1.29 is 0 Å². The Hall–Kier alpha value is -1.35. The molecule has 108 valence electrons. The Morgan fingerprint density at radius 1 is 1.40 bits per heavy atom. The summed E-state index contributed by atoms with van der Waals surface area (Å²) in [4.78, 5) is 4.94. The first kappa shape index (κ1) is 13.6. The number of nitrogens with two attached hydrogens (primary N) is 1. The van der Waals surface area contributed by atoms with Crippen LogP contribution < -0.4 is 5.73 Å². The van der Waals surface area contributed by atoms with Gasteiger partial charge in [-0.15, -0.1) is 0 Å². The average Bonchev–Trinajstić information content (AvgIpc) is 2.88. The summed E-state index contributed by atoms with van der Waals surface area (Å²) in [5, 5.41) is 0. The molecule has 1 fully saturated rings. The summed E-state index contributed by atoms with van der Waals surface area (Å²) in [6, 6.07) is 6.46. The molecule has 0 spiro atoms. The van der Waals surface area contributed by atoms with Crippen LogP contribution in [0.5, 0.6) is 0 Å². The van der Waals surface area contributed by atoms with Crippen LogP contribution >= 0.6 is 0 Å². The third-order valence-electron chi connectivity index (χ3n) is 4.45. The molecule has 20 heavy (non-hydrogen) atoms. The van der Waals surface area contributed by atoms with Gasteiger partial charge in [0, 0.05) is 19.0 Å². The van der Waals surface area contributed by atoms with Gasteiger partial charge in [0.05, 0.1) is 11.0 Å². The van der Waals surface area contributed by atoms with E-state index in [0.717, 1.165) is 17.6 Å². The zero-order valence-electron chi connectivity index (χ0n) is 13.0. The van der Waals surface area contributed by atoms with E-state index < -0.39 is 0 Å². The predicted molar refractivity (Wildman–Crippen MR) is 83.6 cm³/mol. The third-order valence-corrected chi connectivity index (χ3v) is 4.45. The molecule has 2 aromatic rings. The molecule has 1 aliphatic rings. The van der Waals surface area contributed by atoms with Gasteiger partial charge in [0.25, 0.3) is 0 Å². The lowest BCUT2D eigenvalue weighted by Gasteiger charge is -2.12. The molecular formula is C17H25N3. The third kappa shape index (κ3) is 2.24. The Bertz CT molecular complexity index is 637. The molecule has 2 N–H and O–H groups in total. The summed E-state index contributed by atoms with van der Waals surface area (Å²) in [5.41, 5.74) is 9.68. The summed E-state index contributed by atoms with van der Waals surface area (Å²) in [6.07, 6.45) is 1.25. The van der Waals surface area contributed by atoms with E-state index >= 15 is 0 Å². The highest BCUT2D eigenvalue weighted by Crippen LogP contribution is 2.58. The second-order valence-corrected chi connectivity index (χ2v) is 7.25. The topological polar surface area (TPSA) is 43.8 Å². The number of fused-ring (bicyclic) bond motifs is 1. The zero-order valence-corrected chi connectivity index (χ0v) is 13.0. The SMILES string of the molecule is CC(C)Cn1c(C2CC2(C)C)nc2cc(CN)ccc21. The maximum atomic E-state index is 5.75. The Labute approximate surface area is 121 Å². The largest absolute Gasteiger partial charge is 0.327 e. The Kier molecular flexibility index (Phi) is 3.13. The standard InChI is InChI=1S/C17H25N3/c1-11(2)10-20-15-6-5-12(9-18)7-14(15)19-16(20)13-8-17(13,3)4/h5-7,11,13H,8-10,18H2,1-4H3. The molecule has 1 atom stereocenters. The van der Waals surface area contributed by atoms with Gasteiger partial charge in [-0.2, -0.15) is 0 Å². The van der Waals surface area contributed by atoms with E-state index in [1.54, 1.807) is 0 Å². The summed E-state index contributed by atoms with van der Waals surface area (Å²) in [6.45, 7) is 10.8. The molecule has 3 nitrogen and oxygen atoms in total. The molecule has 1 aromatic carbocycles. The van der Waals surface area contributed by atoms with E-state index in [1.165, 1.54) is 17.8 Å². The molecule has 1 heterocycles. The quantitative estimate of drug-likeness (QED) is 0.922. The van der Waals surface area contributed by atoms with E-state index in [9.17, 15) is 0 Å². The summed E-state index contributed by atoms with van der Waals surface area (Å²) < 4.78 is 2.43. The van der Waals surface area contributed by atoms with Gasteiger partial charge in [0.15, 0.2) is 0 Å². The van der Waals surface area contributed by atoms with Crippen molar-refractivity contribution in [1.82, 2.24) is 9.55 Å². The number of hydrogen-bond acceptors (Lipinski definition) is 2. The van der Waals surface area contributed by atoms with E-state index in [1.807, 2.05) is 0 Å². The first-order chi connectivity index (χ1) is 9.42. The summed E-state index contributed by atoms with van der Waals surface area (Å²) in [7, 11) is 0. The van der Waals surface area contributed by atoms with Crippen LogP contribution in [0, 0.1) is 11.3 Å². The normalized spacial score (nSPS) is 20.8.